The first kappa shape index (κ1) is 16.1. The normalized spacial score (nSPS) is 38.7. The summed E-state index contributed by atoms with van der Waals surface area (Å²) in [7, 11) is 0. The van der Waals surface area contributed by atoms with Crippen molar-refractivity contribution in [2.24, 2.45) is 29.6 Å². The fraction of sp³-hybridized carbons (Fsp3) is 0.600. The summed E-state index contributed by atoms with van der Waals surface area (Å²) in [5.41, 5.74) is 0.884. The Balaban J connectivity index is 1.64. The van der Waals surface area contributed by atoms with E-state index in [0.717, 1.165) is 12.1 Å². The number of cyclic esters (lactones) is 1. The number of carbonyl (C=O) groups excluding carboxylic acids is 1. The molecule has 0 bridgehead atoms. The molecule has 1 aliphatic heterocycles. The molecule has 5 unspecified atom stereocenters. The summed E-state index contributed by atoms with van der Waals surface area (Å²) in [4.78, 5) is 16.6. The SMILES string of the molecule is C[C@@H]1OC(=O)C2CC3CCCCC3C(C=Cc3cccc(Cl)n3)C21. The number of aromatic nitrogens is 1. The van der Waals surface area contributed by atoms with Gasteiger partial charge in [-0.05, 0) is 55.7 Å². The fourth-order valence-electron chi connectivity index (χ4n) is 5.31. The average molecular weight is 346 g/mol. The molecule has 2 heterocycles. The highest BCUT2D eigenvalue weighted by Gasteiger charge is 2.53. The molecule has 0 amide bonds. The minimum absolute atomic E-state index is 0.0207. The van der Waals surface area contributed by atoms with Gasteiger partial charge in [-0.2, -0.15) is 0 Å². The molecule has 0 N–H and O–H groups in total. The summed E-state index contributed by atoms with van der Waals surface area (Å²) in [6.45, 7) is 2.06. The maximum absolute atomic E-state index is 12.3. The number of pyridine rings is 1. The third-order valence-corrected chi connectivity index (χ3v) is 6.51. The second-order valence-corrected chi connectivity index (χ2v) is 7.98. The third kappa shape index (κ3) is 2.88. The minimum atomic E-state index is 0.0207. The van der Waals surface area contributed by atoms with Crippen LogP contribution >= 0.6 is 11.6 Å². The molecule has 128 valence electrons. The highest BCUT2D eigenvalue weighted by molar-refractivity contribution is 6.29. The molecular weight excluding hydrogens is 322 g/mol. The Morgan fingerprint density at radius 2 is 2.12 bits per heavy atom. The van der Waals surface area contributed by atoms with Gasteiger partial charge in [0.15, 0.2) is 0 Å². The van der Waals surface area contributed by atoms with Crippen molar-refractivity contribution < 1.29 is 9.53 Å². The summed E-state index contributed by atoms with van der Waals surface area (Å²) in [6, 6.07) is 5.69. The molecule has 1 aromatic heterocycles. The summed E-state index contributed by atoms with van der Waals surface area (Å²) >= 11 is 6.00. The van der Waals surface area contributed by atoms with E-state index in [4.69, 9.17) is 16.3 Å². The lowest BCUT2D eigenvalue weighted by Gasteiger charge is -2.45. The Morgan fingerprint density at radius 3 is 2.96 bits per heavy atom. The second-order valence-electron chi connectivity index (χ2n) is 7.59. The van der Waals surface area contributed by atoms with Crippen LogP contribution in [0.1, 0.15) is 44.7 Å². The molecule has 0 radical (unpaired) electrons. The summed E-state index contributed by atoms with van der Waals surface area (Å²) in [5.74, 6) is 2.16. The van der Waals surface area contributed by atoms with E-state index >= 15 is 0 Å². The largest absolute Gasteiger partial charge is 0.462 e. The first-order valence-electron chi connectivity index (χ1n) is 9.15. The predicted molar refractivity (Wildman–Crippen MR) is 94.4 cm³/mol. The van der Waals surface area contributed by atoms with Crippen molar-refractivity contribution in [2.45, 2.75) is 45.1 Å². The van der Waals surface area contributed by atoms with E-state index in [1.807, 2.05) is 12.1 Å². The molecule has 3 fully saturated rings. The van der Waals surface area contributed by atoms with Crippen molar-refractivity contribution in [2.75, 3.05) is 0 Å². The van der Waals surface area contributed by atoms with Crippen LogP contribution in [0.15, 0.2) is 24.3 Å². The van der Waals surface area contributed by atoms with Crippen LogP contribution < -0.4 is 0 Å². The van der Waals surface area contributed by atoms with E-state index in [2.05, 4.69) is 24.1 Å². The lowest BCUT2D eigenvalue weighted by atomic mass is 9.57. The molecular formula is C20H24ClNO2. The number of fused-ring (bicyclic) bond motifs is 2. The maximum atomic E-state index is 12.3. The third-order valence-electron chi connectivity index (χ3n) is 6.30. The van der Waals surface area contributed by atoms with Crippen molar-refractivity contribution in [1.82, 2.24) is 4.98 Å². The predicted octanol–water partition coefficient (Wildman–Crippen LogP) is 4.75. The monoisotopic (exact) mass is 345 g/mol. The van der Waals surface area contributed by atoms with Crippen LogP contribution in [0.3, 0.4) is 0 Å². The molecule has 3 aliphatic rings. The molecule has 6 atom stereocenters. The van der Waals surface area contributed by atoms with Crippen LogP contribution in [-0.2, 0) is 9.53 Å². The van der Waals surface area contributed by atoms with Gasteiger partial charge in [0, 0.05) is 5.92 Å². The first-order valence-corrected chi connectivity index (χ1v) is 9.52. The van der Waals surface area contributed by atoms with E-state index in [1.165, 1.54) is 25.7 Å². The number of rotatable bonds is 2. The highest BCUT2D eigenvalue weighted by atomic mass is 35.5. The summed E-state index contributed by atoms with van der Waals surface area (Å²) in [6.07, 6.45) is 10.6. The van der Waals surface area contributed by atoms with Crippen molar-refractivity contribution >= 4 is 23.6 Å². The topological polar surface area (TPSA) is 39.2 Å². The molecule has 0 spiro atoms. The molecule has 0 aromatic carbocycles. The van der Waals surface area contributed by atoms with Gasteiger partial charge in [-0.15, -0.1) is 0 Å². The Hall–Kier alpha value is -1.35. The minimum Gasteiger partial charge on any atom is -0.462 e. The van der Waals surface area contributed by atoms with Crippen molar-refractivity contribution in [3.63, 3.8) is 0 Å². The standard InChI is InChI=1S/C20H24ClNO2/c1-12-19-16(10-9-14-6-4-8-18(21)22-14)15-7-3-2-5-13(15)11-17(19)20(23)24-12/h4,6,8-10,12-13,15-17,19H,2-3,5,7,11H2,1H3/t12-,13?,15?,16?,17?,19?/m0/s1. The molecule has 24 heavy (non-hydrogen) atoms. The maximum Gasteiger partial charge on any atom is 0.309 e. The number of allylic oxidation sites excluding steroid dienone is 1. The second kappa shape index (κ2) is 6.51. The summed E-state index contributed by atoms with van der Waals surface area (Å²) in [5, 5.41) is 0.516. The number of carbonyl (C=O) groups is 1. The van der Waals surface area contributed by atoms with Gasteiger partial charge < -0.3 is 4.74 Å². The Morgan fingerprint density at radius 1 is 1.29 bits per heavy atom. The van der Waals surface area contributed by atoms with Crippen molar-refractivity contribution in [3.05, 3.63) is 35.1 Å². The van der Waals surface area contributed by atoms with E-state index in [0.29, 0.717) is 28.8 Å². The van der Waals surface area contributed by atoms with Gasteiger partial charge in [-0.1, -0.05) is 43.0 Å². The molecule has 3 nitrogen and oxygen atoms in total. The van der Waals surface area contributed by atoms with E-state index in [-0.39, 0.29) is 18.0 Å². The number of hydrogen-bond acceptors (Lipinski definition) is 3. The first-order chi connectivity index (χ1) is 11.6. The number of nitrogens with zero attached hydrogens (tertiary/aromatic N) is 1. The highest BCUT2D eigenvalue weighted by Crippen LogP contribution is 2.53. The molecule has 2 aliphatic carbocycles. The molecule has 4 rings (SSSR count). The average Bonchev–Trinajstić information content (AvgIpc) is 2.86. The van der Waals surface area contributed by atoms with Gasteiger partial charge in [-0.25, -0.2) is 4.98 Å². The lowest BCUT2D eigenvalue weighted by molar-refractivity contribution is -0.144. The van der Waals surface area contributed by atoms with Crippen LogP contribution in [0.5, 0.6) is 0 Å². The molecule has 1 saturated heterocycles. The van der Waals surface area contributed by atoms with Crippen LogP contribution in [0.4, 0.5) is 0 Å². The zero-order chi connectivity index (χ0) is 16.7. The smallest absolute Gasteiger partial charge is 0.309 e. The van der Waals surface area contributed by atoms with E-state index in [9.17, 15) is 4.79 Å². The van der Waals surface area contributed by atoms with Crippen LogP contribution in [0, 0.1) is 29.6 Å². The quantitative estimate of drug-likeness (QED) is 0.573. The van der Waals surface area contributed by atoms with E-state index in [1.54, 1.807) is 6.07 Å². The van der Waals surface area contributed by atoms with E-state index < -0.39 is 0 Å². The zero-order valence-electron chi connectivity index (χ0n) is 14.0. The van der Waals surface area contributed by atoms with Gasteiger partial charge in [-0.3, -0.25) is 4.79 Å². The number of halogens is 1. The lowest BCUT2D eigenvalue weighted by Crippen LogP contribution is -2.42. The van der Waals surface area contributed by atoms with Crippen LogP contribution in [0.2, 0.25) is 5.15 Å². The van der Waals surface area contributed by atoms with Gasteiger partial charge in [0.25, 0.3) is 0 Å². The van der Waals surface area contributed by atoms with Gasteiger partial charge in [0.1, 0.15) is 11.3 Å². The van der Waals surface area contributed by atoms with Gasteiger partial charge in [0.2, 0.25) is 0 Å². The number of esters is 1. The Labute approximate surface area is 148 Å². The Kier molecular flexibility index (Phi) is 4.38. The van der Waals surface area contributed by atoms with Crippen LogP contribution in [0.25, 0.3) is 6.08 Å². The van der Waals surface area contributed by atoms with Crippen molar-refractivity contribution in [3.8, 4) is 0 Å². The fourth-order valence-corrected chi connectivity index (χ4v) is 5.48. The van der Waals surface area contributed by atoms with Crippen molar-refractivity contribution in [1.29, 1.82) is 0 Å². The molecule has 1 aromatic rings. The zero-order valence-corrected chi connectivity index (χ0v) is 14.8. The number of hydrogen-bond donors (Lipinski definition) is 0. The molecule has 4 heteroatoms. The van der Waals surface area contributed by atoms with Crippen LogP contribution in [-0.4, -0.2) is 17.1 Å². The molecule has 2 saturated carbocycles. The van der Waals surface area contributed by atoms with Gasteiger partial charge in [0.05, 0.1) is 11.6 Å². The summed E-state index contributed by atoms with van der Waals surface area (Å²) < 4.78 is 5.61. The Bertz CT molecular complexity index is 659. The number of ether oxygens (including phenoxy) is 1. The van der Waals surface area contributed by atoms with Gasteiger partial charge >= 0.3 is 5.97 Å².